The molecule has 5 heteroatoms. The van der Waals surface area contributed by atoms with E-state index in [4.69, 9.17) is 13.6 Å². The summed E-state index contributed by atoms with van der Waals surface area (Å²) in [7, 11) is 1.65. The molecule has 0 saturated heterocycles. The molecule has 0 rings (SSSR count). The number of ether oxygens (including phenoxy) is 1. The molecule has 23 heavy (non-hydrogen) atoms. The predicted octanol–water partition coefficient (Wildman–Crippen LogP) is 4.98. The first kappa shape index (κ1) is 22.3. The molecule has 0 aliphatic rings. The highest BCUT2D eigenvalue weighted by Crippen LogP contribution is 2.17. The summed E-state index contributed by atoms with van der Waals surface area (Å²) in [6, 6.07) is 1.08. The first-order valence-corrected chi connectivity index (χ1v) is 11.4. The Hall–Kier alpha value is -0.653. The molecule has 0 aromatic rings. The minimum Gasteiger partial charge on any atom is -0.461 e. The molecule has 0 N–H and O–H groups in total. The van der Waals surface area contributed by atoms with Crippen molar-refractivity contribution in [2.24, 2.45) is 0 Å². The molecule has 0 atom stereocenters. The summed E-state index contributed by atoms with van der Waals surface area (Å²) in [6.45, 7) is 8.05. The van der Waals surface area contributed by atoms with Gasteiger partial charge in [-0.05, 0) is 31.5 Å². The third-order valence-electron chi connectivity index (χ3n) is 4.10. The zero-order valence-corrected chi connectivity index (χ0v) is 16.6. The van der Waals surface area contributed by atoms with E-state index in [1.165, 1.54) is 38.5 Å². The van der Waals surface area contributed by atoms with Crippen LogP contribution < -0.4 is 0 Å². The van der Waals surface area contributed by atoms with E-state index in [0.29, 0.717) is 13.0 Å². The number of esters is 1. The van der Waals surface area contributed by atoms with Gasteiger partial charge in [0.15, 0.2) is 0 Å². The van der Waals surface area contributed by atoms with Crippen molar-refractivity contribution in [1.29, 1.82) is 0 Å². The van der Waals surface area contributed by atoms with Gasteiger partial charge in [0, 0.05) is 20.6 Å². The molecule has 0 aromatic carbocycles. The number of hydrogen-bond acceptors (Lipinski definition) is 4. The molecule has 0 spiro atoms. The lowest BCUT2D eigenvalue weighted by Gasteiger charge is -2.22. The van der Waals surface area contributed by atoms with Crippen LogP contribution in [-0.4, -0.2) is 35.4 Å². The van der Waals surface area contributed by atoms with Crippen LogP contribution in [0.5, 0.6) is 0 Å². The Morgan fingerprint density at radius 1 is 0.913 bits per heavy atom. The maximum Gasteiger partial charge on any atom is 0.334 e. The standard InChI is InChI=1S/C18H36O4Si/c1-17(2)16-22-18(19)14-12-10-8-6-7-9-11-13-15-23(5,20-3)21-4/h1,6-16H2,2-5H3. The minimum atomic E-state index is -1.86. The number of carbonyl (C=O) groups excluding carboxylic acids is 1. The van der Waals surface area contributed by atoms with Gasteiger partial charge in [0.2, 0.25) is 0 Å². The van der Waals surface area contributed by atoms with Crippen molar-refractivity contribution in [3.63, 3.8) is 0 Å². The zero-order chi connectivity index (χ0) is 17.6. The highest BCUT2D eigenvalue weighted by Gasteiger charge is 2.27. The minimum absolute atomic E-state index is 0.100. The van der Waals surface area contributed by atoms with E-state index >= 15 is 0 Å². The fraction of sp³-hybridized carbons (Fsp3) is 0.833. The molecule has 0 radical (unpaired) electrons. The van der Waals surface area contributed by atoms with E-state index in [-0.39, 0.29) is 5.97 Å². The van der Waals surface area contributed by atoms with Gasteiger partial charge in [-0.3, -0.25) is 4.79 Å². The van der Waals surface area contributed by atoms with Crippen molar-refractivity contribution in [1.82, 2.24) is 0 Å². The summed E-state index contributed by atoms with van der Waals surface area (Å²) in [4.78, 5) is 11.4. The van der Waals surface area contributed by atoms with Crippen molar-refractivity contribution >= 4 is 14.5 Å². The molecule has 0 aliphatic heterocycles. The van der Waals surface area contributed by atoms with Crippen LogP contribution in [0.2, 0.25) is 12.6 Å². The zero-order valence-electron chi connectivity index (χ0n) is 15.6. The fourth-order valence-corrected chi connectivity index (χ4v) is 3.81. The summed E-state index contributed by atoms with van der Waals surface area (Å²) < 4.78 is 16.0. The Morgan fingerprint density at radius 3 is 1.87 bits per heavy atom. The molecule has 0 saturated carbocycles. The summed E-state index contributed by atoms with van der Waals surface area (Å²) in [5, 5.41) is 0. The van der Waals surface area contributed by atoms with Crippen molar-refractivity contribution in [2.45, 2.75) is 77.3 Å². The molecule has 0 heterocycles. The summed E-state index contributed by atoms with van der Waals surface area (Å²) in [6.07, 6.45) is 10.0. The van der Waals surface area contributed by atoms with Crippen LogP contribution in [0.15, 0.2) is 12.2 Å². The van der Waals surface area contributed by atoms with Gasteiger partial charge in [-0.1, -0.05) is 51.5 Å². The van der Waals surface area contributed by atoms with E-state index in [9.17, 15) is 4.79 Å². The summed E-state index contributed by atoms with van der Waals surface area (Å²) in [5.41, 5.74) is 0.886. The van der Waals surface area contributed by atoms with Gasteiger partial charge < -0.3 is 13.6 Å². The van der Waals surface area contributed by atoms with Crippen LogP contribution in [-0.2, 0) is 18.4 Å². The largest absolute Gasteiger partial charge is 0.461 e. The van der Waals surface area contributed by atoms with Gasteiger partial charge in [0.05, 0.1) is 0 Å². The van der Waals surface area contributed by atoms with Gasteiger partial charge in [0.25, 0.3) is 0 Å². The molecule has 0 bridgehead atoms. The van der Waals surface area contributed by atoms with Gasteiger partial charge in [-0.15, -0.1) is 0 Å². The average Bonchev–Trinajstić information content (AvgIpc) is 2.54. The molecule has 0 aromatic heterocycles. The normalized spacial score (nSPS) is 11.5. The topological polar surface area (TPSA) is 44.8 Å². The van der Waals surface area contributed by atoms with Crippen LogP contribution in [0.25, 0.3) is 0 Å². The molecule has 0 aliphatic carbocycles. The molecule has 0 amide bonds. The lowest BCUT2D eigenvalue weighted by Crippen LogP contribution is -2.35. The van der Waals surface area contributed by atoms with E-state index in [1.807, 2.05) is 6.92 Å². The van der Waals surface area contributed by atoms with Crippen LogP contribution in [0.4, 0.5) is 0 Å². The number of hydrogen-bond donors (Lipinski definition) is 0. The molecular weight excluding hydrogens is 308 g/mol. The highest BCUT2D eigenvalue weighted by atomic mass is 28.4. The fourth-order valence-electron chi connectivity index (χ4n) is 2.34. The van der Waals surface area contributed by atoms with Crippen LogP contribution >= 0.6 is 0 Å². The second-order valence-corrected chi connectivity index (χ2v) is 10.1. The third-order valence-corrected chi connectivity index (χ3v) is 7.09. The van der Waals surface area contributed by atoms with Crippen LogP contribution in [0, 0.1) is 0 Å². The van der Waals surface area contributed by atoms with Crippen molar-refractivity contribution < 1.29 is 18.4 Å². The molecule has 136 valence electrons. The second kappa shape index (κ2) is 13.8. The summed E-state index contributed by atoms with van der Waals surface area (Å²) in [5.74, 6) is -0.100. The van der Waals surface area contributed by atoms with Gasteiger partial charge in [-0.25, -0.2) is 0 Å². The SMILES string of the molecule is C=C(C)COC(=O)CCCCCCCCCC[Si](C)(OC)OC. The first-order chi connectivity index (χ1) is 10.9. The Morgan fingerprint density at radius 2 is 1.39 bits per heavy atom. The maximum absolute atomic E-state index is 11.4. The van der Waals surface area contributed by atoms with Crippen LogP contribution in [0.1, 0.15) is 64.7 Å². The van der Waals surface area contributed by atoms with Gasteiger partial charge >= 0.3 is 14.5 Å². The van der Waals surface area contributed by atoms with E-state index in [2.05, 4.69) is 13.1 Å². The van der Waals surface area contributed by atoms with Crippen LogP contribution in [0.3, 0.4) is 0 Å². The molecule has 0 fully saturated rings. The second-order valence-electron chi connectivity index (χ2n) is 6.49. The summed E-state index contributed by atoms with van der Waals surface area (Å²) >= 11 is 0. The third kappa shape index (κ3) is 13.5. The van der Waals surface area contributed by atoms with Crippen molar-refractivity contribution in [3.8, 4) is 0 Å². The Balaban J connectivity index is 3.34. The van der Waals surface area contributed by atoms with Gasteiger partial charge in [0.1, 0.15) is 6.61 Å². The van der Waals surface area contributed by atoms with Crippen molar-refractivity contribution in [3.05, 3.63) is 12.2 Å². The lowest BCUT2D eigenvalue weighted by molar-refractivity contribution is -0.142. The molecular formula is C18H36O4Si. The smallest absolute Gasteiger partial charge is 0.334 e. The van der Waals surface area contributed by atoms with E-state index in [0.717, 1.165) is 24.5 Å². The van der Waals surface area contributed by atoms with Gasteiger partial charge in [-0.2, -0.15) is 0 Å². The lowest BCUT2D eigenvalue weighted by atomic mass is 10.1. The monoisotopic (exact) mass is 344 g/mol. The first-order valence-electron chi connectivity index (χ1n) is 8.84. The Bertz CT molecular complexity index is 327. The number of carbonyl (C=O) groups is 1. The molecule has 4 nitrogen and oxygen atoms in total. The average molecular weight is 345 g/mol. The Labute approximate surface area is 143 Å². The maximum atomic E-state index is 11.4. The van der Waals surface area contributed by atoms with E-state index < -0.39 is 8.56 Å². The van der Waals surface area contributed by atoms with Crippen molar-refractivity contribution in [2.75, 3.05) is 20.8 Å². The number of rotatable bonds is 15. The molecule has 0 unspecified atom stereocenters. The number of unbranched alkanes of at least 4 members (excludes halogenated alkanes) is 7. The quantitative estimate of drug-likeness (QED) is 0.182. The highest BCUT2D eigenvalue weighted by molar-refractivity contribution is 6.65. The Kier molecular flexibility index (Phi) is 13.4. The van der Waals surface area contributed by atoms with E-state index in [1.54, 1.807) is 14.2 Å². The predicted molar refractivity (Wildman–Crippen MR) is 97.8 cm³/mol.